The fourth-order valence-corrected chi connectivity index (χ4v) is 3.25. The van der Waals surface area contributed by atoms with E-state index in [0.717, 1.165) is 5.56 Å². The number of rotatable bonds is 6. The predicted molar refractivity (Wildman–Crippen MR) is 103 cm³/mol. The molecular weight excluding hydrogens is 348 g/mol. The number of ketones is 1. The molecule has 0 spiro atoms. The van der Waals surface area contributed by atoms with Crippen molar-refractivity contribution in [3.63, 3.8) is 0 Å². The number of anilines is 1. The number of ether oxygens (including phenoxy) is 1. The van der Waals surface area contributed by atoms with Crippen molar-refractivity contribution in [1.82, 2.24) is 4.98 Å². The summed E-state index contributed by atoms with van der Waals surface area (Å²) in [6.07, 6.45) is -0.692. The minimum absolute atomic E-state index is 0.0876. The number of nitrogens with one attached hydrogen (secondary N) is 1. The van der Waals surface area contributed by atoms with E-state index in [1.54, 1.807) is 19.1 Å². The Balaban J connectivity index is 1.77. The van der Waals surface area contributed by atoms with Gasteiger partial charge in [-0.1, -0.05) is 59.9 Å². The first-order valence-corrected chi connectivity index (χ1v) is 8.96. The first-order valence-electron chi connectivity index (χ1n) is 8.14. The van der Waals surface area contributed by atoms with E-state index in [-0.39, 0.29) is 11.7 Å². The monoisotopic (exact) mass is 366 g/mol. The highest BCUT2D eigenvalue weighted by Crippen LogP contribution is 2.31. The number of carbonyl (C=O) groups excluding carboxylic acids is 2. The van der Waals surface area contributed by atoms with Gasteiger partial charge in [0.25, 0.3) is 5.91 Å². The van der Waals surface area contributed by atoms with Crippen LogP contribution in [0.25, 0.3) is 11.3 Å². The predicted octanol–water partition coefficient (Wildman–Crippen LogP) is 4.42. The molecule has 0 radical (unpaired) electrons. The highest BCUT2D eigenvalue weighted by Gasteiger charge is 2.20. The minimum atomic E-state index is -0.692. The summed E-state index contributed by atoms with van der Waals surface area (Å²) in [5, 5.41) is 3.12. The average Bonchev–Trinajstić information content (AvgIpc) is 3.07. The second-order valence-corrected chi connectivity index (χ2v) is 6.68. The molecule has 1 N–H and O–H groups in total. The van der Waals surface area contributed by atoms with E-state index in [2.05, 4.69) is 10.3 Å². The van der Waals surface area contributed by atoms with Crippen LogP contribution in [0.5, 0.6) is 5.75 Å². The van der Waals surface area contributed by atoms with Crippen LogP contribution in [0.2, 0.25) is 0 Å². The van der Waals surface area contributed by atoms with Gasteiger partial charge in [-0.05, 0) is 19.1 Å². The number of amides is 1. The summed E-state index contributed by atoms with van der Waals surface area (Å²) < 4.78 is 5.62. The SMILES string of the molecule is CC(=O)c1sc(NC(=O)[C@@H](C)Oc2ccccc2)nc1-c1ccccc1. The Kier molecular flexibility index (Phi) is 5.43. The first kappa shape index (κ1) is 17.8. The maximum atomic E-state index is 12.4. The van der Waals surface area contributed by atoms with Crippen molar-refractivity contribution in [2.75, 3.05) is 5.32 Å². The topological polar surface area (TPSA) is 68.3 Å². The number of hydrogen-bond donors (Lipinski definition) is 1. The quantitative estimate of drug-likeness (QED) is 0.656. The van der Waals surface area contributed by atoms with Gasteiger partial charge >= 0.3 is 0 Å². The molecule has 0 fully saturated rings. The van der Waals surface area contributed by atoms with Crippen LogP contribution < -0.4 is 10.1 Å². The van der Waals surface area contributed by atoms with Crippen molar-refractivity contribution >= 4 is 28.2 Å². The van der Waals surface area contributed by atoms with E-state index in [1.165, 1.54) is 18.3 Å². The number of aromatic nitrogens is 1. The number of para-hydroxylation sites is 1. The van der Waals surface area contributed by atoms with Crippen LogP contribution in [0.4, 0.5) is 5.13 Å². The number of thiazole rings is 1. The molecule has 2 aromatic carbocycles. The Morgan fingerprint density at radius 1 is 1.04 bits per heavy atom. The molecule has 0 aliphatic carbocycles. The van der Waals surface area contributed by atoms with E-state index in [1.807, 2.05) is 48.5 Å². The molecule has 26 heavy (non-hydrogen) atoms. The number of Topliss-reactive ketones (excluding diaryl/α,β-unsaturated/α-hetero) is 1. The molecule has 0 aliphatic rings. The van der Waals surface area contributed by atoms with Gasteiger partial charge in [0.15, 0.2) is 17.0 Å². The maximum Gasteiger partial charge on any atom is 0.266 e. The molecule has 0 saturated heterocycles. The minimum Gasteiger partial charge on any atom is -0.481 e. The summed E-state index contributed by atoms with van der Waals surface area (Å²) in [6.45, 7) is 3.16. The van der Waals surface area contributed by atoms with Crippen molar-refractivity contribution in [3.05, 3.63) is 65.5 Å². The Labute approximate surface area is 155 Å². The summed E-state index contributed by atoms with van der Waals surface area (Å²) in [5.41, 5.74) is 1.41. The Bertz CT molecular complexity index is 907. The molecule has 0 aliphatic heterocycles. The third kappa shape index (κ3) is 4.15. The highest BCUT2D eigenvalue weighted by atomic mass is 32.1. The molecular formula is C20H18N2O3S. The van der Waals surface area contributed by atoms with E-state index in [4.69, 9.17) is 4.74 Å². The standard InChI is InChI=1S/C20H18N2O3S/c1-13(23)18-17(15-9-5-3-6-10-15)21-20(26-18)22-19(24)14(2)25-16-11-7-4-8-12-16/h3-12,14H,1-2H3,(H,21,22,24)/t14-/m1/s1. The highest BCUT2D eigenvalue weighted by molar-refractivity contribution is 7.18. The van der Waals surface area contributed by atoms with Crippen LogP contribution in [0.3, 0.4) is 0 Å². The third-order valence-electron chi connectivity index (χ3n) is 3.65. The summed E-state index contributed by atoms with van der Waals surface area (Å²) in [6, 6.07) is 18.6. The molecule has 1 amide bonds. The van der Waals surface area contributed by atoms with Crippen molar-refractivity contribution in [1.29, 1.82) is 0 Å². The number of hydrogen-bond acceptors (Lipinski definition) is 5. The Morgan fingerprint density at radius 3 is 2.27 bits per heavy atom. The Hall–Kier alpha value is -2.99. The van der Waals surface area contributed by atoms with Crippen LogP contribution in [0.15, 0.2) is 60.7 Å². The normalized spacial score (nSPS) is 11.6. The fourth-order valence-electron chi connectivity index (χ4n) is 2.37. The summed E-state index contributed by atoms with van der Waals surface area (Å²) >= 11 is 1.17. The molecule has 132 valence electrons. The molecule has 1 atom stereocenters. The maximum absolute atomic E-state index is 12.4. The van der Waals surface area contributed by atoms with Gasteiger partial charge in [-0.2, -0.15) is 0 Å². The summed E-state index contributed by atoms with van der Waals surface area (Å²) in [5.74, 6) is 0.205. The summed E-state index contributed by atoms with van der Waals surface area (Å²) in [4.78, 5) is 29.3. The first-order chi connectivity index (χ1) is 12.5. The van der Waals surface area contributed by atoms with Gasteiger partial charge in [-0.15, -0.1) is 0 Å². The molecule has 1 aromatic heterocycles. The molecule has 0 unspecified atom stereocenters. The van der Waals surface area contributed by atoms with Crippen LogP contribution in [-0.4, -0.2) is 22.8 Å². The van der Waals surface area contributed by atoms with Gasteiger partial charge in [0, 0.05) is 12.5 Å². The van der Waals surface area contributed by atoms with E-state index in [0.29, 0.717) is 21.5 Å². The molecule has 5 nitrogen and oxygen atoms in total. The van der Waals surface area contributed by atoms with Crippen LogP contribution in [0.1, 0.15) is 23.5 Å². The van der Waals surface area contributed by atoms with Gasteiger partial charge in [0.1, 0.15) is 5.75 Å². The van der Waals surface area contributed by atoms with Crippen LogP contribution >= 0.6 is 11.3 Å². The largest absolute Gasteiger partial charge is 0.481 e. The molecule has 3 rings (SSSR count). The van der Waals surface area contributed by atoms with Crippen LogP contribution in [-0.2, 0) is 4.79 Å². The molecule has 0 bridgehead atoms. The third-order valence-corrected chi connectivity index (χ3v) is 4.72. The van der Waals surface area contributed by atoms with Crippen molar-refractivity contribution in [2.45, 2.75) is 20.0 Å². The zero-order valence-electron chi connectivity index (χ0n) is 14.4. The van der Waals surface area contributed by atoms with Gasteiger partial charge in [-0.25, -0.2) is 4.98 Å². The van der Waals surface area contributed by atoms with Gasteiger partial charge < -0.3 is 4.74 Å². The zero-order valence-corrected chi connectivity index (χ0v) is 15.2. The van der Waals surface area contributed by atoms with Crippen molar-refractivity contribution < 1.29 is 14.3 Å². The lowest BCUT2D eigenvalue weighted by Crippen LogP contribution is -2.30. The number of nitrogens with zero attached hydrogens (tertiary/aromatic N) is 1. The number of benzene rings is 2. The number of carbonyl (C=O) groups is 2. The zero-order chi connectivity index (χ0) is 18.5. The second-order valence-electron chi connectivity index (χ2n) is 5.68. The van der Waals surface area contributed by atoms with E-state index < -0.39 is 6.10 Å². The molecule has 0 saturated carbocycles. The molecule has 6 heteroatoms. The summed E-state index contributed by atoms with van der Waals surface area (Å²) in [7, 11) is 0. The molecule has 3 aromatic rings. The molecule has 1 heterocycles. The van der Waals surface area contributed by atoms with E-state index in [9.17, 15) is 9.59 Å². The lowest BCUT2D eigenvalue weighted by Gasteiger charge is -2.13. The van der Waals surface area contributed by atoms with Crippen molar-refractivity contribution in [2.24, 2.45) is 0 Å². The van der Waals surface area contributed by atoms with Gasteiger partial charge in [-0.3, -0.25) is 14.9 Å². The fraction of sp³-hybridized carbons (Fsp3) is 0.150. The van der Waals surface area contributed by atoms with E-state index >= 15 is 0 Å². The smallest absolute Gasteiger partial charge is 0.266 e. The van der Waals surface area contributed by atoms with Gasteiger partial charge in [0.05, 0.1) is 10.6 Å². The lowest BCUT2D eigenvalue weighted by molar-refractivity contribution is -0.122. The average molecular weight is 366 g/mol. The lowest BCUT2D eigenvalue weighted by atomic mass is 10.1. The second kappa shape index (κ2) is 7.93. The van der Waals surface area contributed by atoms with Crippen LogP contribution in [0, 0.1) is 0 Å². The Morgan fingerprint density at radius 2 is 1.65 bits per heavy atom. The van der Waals surface area contributed by atoms with Crippen molar-refractivity contribution in [3.8, 4) is 17.0 Å². The van der Waals surface area contributed by atoms with Gasteiger partial charge in [0.2, 0.25) is 0 Å².